The molecule has 0 saturated carbocycles. The predicted octanol–water partition coefficient (Wildman–Crippen LogP) is 2.89. The Balaban J connectivity index is 1.79. The highest BCUT2D eigenvalue weighted by molar-refractivity contribution is 5.71. The minimum Gasteiger partial charge on any atom is -0.481 e. The van der Waals surface area contributed by atoms with Crippen molar-refractivity contribution in [3.8, 4) is 6.07 Å². The van der Waals surface area contributed by atoms with Crippen LogP contribution in [-0.4, -0.2) is 41.7 Å². The topological polar surface area (TPSA) is 80.5 Å². The molecule has 1 aromatic rings. The van der Waals surface area contributed by atoms with Gasteiger partial charge in [-0.2, -0.15) is 5.26 Å². The summed E-state index contributed by atoms with van der Waals surface area (Å²) in [5.74, 6) is -3.01. The molecule has 2 atom stereocenters. The van der Waals surface area contributed by atoms with Gasteiger partial charge in [0.2, 0.25) is 0 Å². The average molecular weight is 376 g/mol. The number of rotatable bonds is 4. The van der Waals surface area contributed by atoms with Crippen molar-refractivity contribution in [2.24, 2.45) is 5.92 Å². The van der Waals surface area contributed by atoms with Gasteiger partial charge >= 0.3 is 5.97 Å². The van der Waals surface area contributed by atoms with Crippen molar-refractivity contribution >= 4 is 17.6 Å². The Morgan fingerprint density at radius 2 is 2.15 bits per heavy atom. The summed E-state index contributed by atoms with van der Waals surface area (Å²) in [6.45, 7) is 3.80. The molecule has 0 spiro atoms. The fraction of sp³-hybridized carbons (Fsp3) is 0.632. The summed E-state index contributed by atoms with van der Waals surface area (Å²) >= 11 is 0. The second kappa shape index (κ2) is 6.32. The molecule has 0 unspecified atom stereocenters. The molecule has 2 aliphatic heterocycles. The molecule has 0 bridgehead atoms. The van der Waals surface area contributed by atoms with Crippen LogP contribution in [0.3, 0.4) is 0 Å². The third kappa shape index (κ3) is 2.89. The molecule has 3 aliphatic rings. The molecule has 2 saturated heterocycles. The lowest BCUT2D eigenvalue weighted by molar-refractivity contribution is -0.137. The lowest BCUT2D eigenvalue weighted by Gasteiger charge is -2.41. The maximum Gasteiger partial charge on any atom is 0.303 e. The SMILES string of the molecule is C[C@H]1CCN1c1nc(N2CC[C@H](CC(=O)O)C2)c2c(c1C#N)C(F)(F)CC2. The second-order valence-electron chi connectivity index (χ2n) is 7.83. The van der Waals surface area contributed by atoms with Crippen LogP contribution in [0.2, 0.25) is 0 Å². The van der Waals surface area contributed by atoms with E-state index in [2.05, 4.69) is 0 Å². The summed E-state index contributed by atoms with van der Waals surface area (Å²) in [6.07, 6.45) is 1.60. The van der Waals surface area contributed by atoms with Crippen molar-refractivity contribution in [1.29, 1.82) is 5.26 Å². The summed E-state index contributed by atoms with van der Waals surface area (Å²) in [5, 5.41) is 18.7. The Bertz CT molecular complexity index is 836. The number of halogens is 2. The van der Waals surface area contributed by atoms with Crippen LogP contribution in [-0.2, 0) is 17.1 Å². The number of aromatic nitrogens is 1. The fourth-order valence-corrected chi connectivity index (χ4v) is 4.49. The van der Waals surface area contributed by atoms with Crippen molar-refractivity contribution in [2.75, 3.05) is 29.4 Å². The Morgan fingerprint density at radius 1 is 1.37 bits per heavy atom. The number of fused-ring (bicyclic) bond motifs is 1. The van der Waals surface area contributed by atoms with Crippen molar-refractivity contribution in [2.45, 2.75) is 51.0 Å². The lowest BCUT2D eigenvalue weighted by Crippen LogP contribution is -2.47. The van der Waals surface area contributed by atoms with E-state index in [-0.39, 0.29) is 42.3 Å². The summed E-state index contributed by atoms with van der Waals surface area (Å²) in [6, 6.07) is 2.16. The number of nitriles is 1. The molecule has 1 aromatic heterocycles. The van der Waals surface area contributed by atoms with Gasteiger partial charge in [0.15, 0.2) is 0 Å². The maximum absolute atomic E-state index is 14.7. The average Bonchev–Trinajstić information content (AvgIpc) is 3.17. The van der Waals surface area contributed by atoms with Crippen LogP contribution in [0.25, 0.3) is 0 Å². The molecule has 0 radical (unpaired) electrons. The molecule has 0 aromatic carbocycles. The van der Waals surface area contributed by atoms with Crippen molar-refractivity contribution in [3.63, 3.8) is 0 Å². The van der Waals surface area contributed by atoms with Crippen LogP contribution < -0.4 is 9.80 Å². The largest absolute Gasteiger partial charge is 0.481 e. The molecule has 144 valence electrons. The first-order valence-electron chi connectivity index (χ1n) is 9.40. The number of hydrogen-bond acceptors (Lipinski definition) is 5. The lowest BCUT2D eigenvalue weighted by atomic mass is 9.99. The van der Waals surface area contributed by atoms with Gasteiger partial charge in [-0.05, 0) is 32.1 Å². The van der Waals surface area contributed by atoms with E-state index in [0.717, 1.165) is 6.42 Å². The van der Waals surface area contributed by atoms with Gasteiger partial charge in [-0.3, -0.25) is 4.79 Å². The first kappa shape index (κ1) is 18.0. The van der Waals surface area contributed by atoms with Crippen LogP contribution >= 0.6 is 0 Å². The monoisotopic (exact) mass is 376 g/mol. The zero-order valence-electron chi connectivity index (χ0n) is 15.2. The first-order chi connectivity index (χ1) is 12.8. The molecule has 1 N–H and O–H groups in total. The van der Waals surface area contributed by atoms with Crippen LogP contribution in [0, 0.1) is 17.2 Å². The molecule has 0 amide bonds. The summed E-state index contributed by atoms with van der Waals surface area (Å²) in [5.41, 5.74) is 0.305. The standard InChI is InChI=1S/C19H22F2N4O2/c1-11-3-7-25(11)18-14(9-22)16-13(2-5-19(16,20)21)17(23-18)24-6-4-12(10-24)8-15(26)27/h11-12H,2-8,10H2,1H3,(H,26,27)/t11-,12+/m0/s1. The van der Waals surface area contributed by atoms with E-state index >= 15 is 0 Å². The normalized spacial score (nSPS) is 25.9. The zero-order valence-corrected chi connectivity index (χ0v) is 15.2. The third-order valence-electron chi connectivity index (χ3n) is 6.06. The first-order valence-corrected chi connectivity index (χ1v) is 9.40. The number of carboxylic acid groups (broad SMARTS) is 1. The van der Waals surface area contributed by atoms with Gasteiger partial charge in [0.25, 0.3) is 5.92 Å². The van der Waals surface area contributed by atoms with E-state index in [0.29, 0.717) is 43.3 Å². The Morgan fingerprint density at radius 3 is 2.74 bits per heavy atom. The number of alkyl halides is 2. The highest BCUT2D eigenvalue weighted by atomic mass is 19.3. The van der Waals surface area contributed by atoms with E-state index in [9.17, 15) is 18.8 Å². The molecule has 1 aliphatic carbocycles. The minimum atomic E-state index is -3.03. The summed E-state index contributed by atoms with van der Waals surface area (Å²) < 4.78 is 29.3. The highest BCUT2D eigenvalue weighted by Crippen LogP contribution is 2.49. The number of carbonyl (C=O) groups is 1. The zero-order chi connectivity index (χ0) is 19.3. The molecular weight excluding hydrogens is 354 g/mol. The van der Waals surface area contributed by atoms with E-state index in [1.165, 1.54) is 0 Å². The van der Waals surface area contributed by atoms with Gasteiger partial charge in [-0.25, -0.2) is 13.8 Å². The Kier molecular flexibility index (Phi) is 4.21. The Hall–Kier alpha value is -2.43. The van der Waals surface area contributed by atoms with Gasteiger partial charge in [0, 0.05) is 49.6 Å². The van der Waals surface area contributed by atoms with Crippen LogP contribution in [0.1, 0.15) is 49.3 Å². The molecule has 2 fully saturated rings. The van der Waals surface area contributed by atoms with Crippen LogP contribution in [0.15, 0.2) is 0 Å². The highest BCUT2D eigenvalue weighted by Gasteiger charge is 2.46. The van der Waals surface area contributed by atoms with Crippen molar-refractivity contribution in [3.05, 3.63) is 16.7 Å². The molecule has 6 nitrogen and oxygen atoms in total. The molecule has 8 heteroatoms. The van der Waals surface area contributed by atoms with Gasteiger partial charge in [0.1, 0.15) is 23.3 Å². The van der Waals surface area contributed by atoms with Crippen molar-refractivity contribution < 1.29 is 18.7 Å². The maximum atomic E-state index is 14.7. The van der Waals surface area contributed by atoms with Gasteiger partial charge in [-0.1, -0.05) is 0 Å². The fourth-order valence-electron chi connectivity index (χ4n) is 4.49. The summed E-state index contributed by atoms with van der Waals surface area (Å²) in [7, 11) is 0. The quantitative estimate of drug-likeness (QED) is 0.870. The molecular formula is C19H22F2N4O2. The van der Waals surface area contributed by atoms with E-state index in [1.807, 2.05) is 22.8 Å². The van der Waals surface area contributed by atoms with Gasteiger partial charge in [-0.15, -0.1) is 0 Å². The second-order valence-corrected chi connectivity index (χ2v) is 7.83. The number of pyridine rings is 1. The van der Waals surface area contributed by atoms with E-state index < -0.39 is 11.9 Å². The predicted molar refractivity (Wildman–Crippen MR) is 95.2 cm³/mol. The van der Waals surface area contributed by atoms with Gasteiger partial charge in [0.05, 0.1) is 0 Å². The molecule has 4 rings (SSSR count). The van der Waals surface area contributed by atoms with Crippen LogP contribution in [0.5, 0.6) is 0 Å². The van der Waals surface area contributed by atoms with Crippen LogP contribution in [0.4, 0.5) is 20.4 Å². The number of carboxylic acids is 1. The van der Waals surface area contributed by atoms with Gasteiger partial charge < -0.3 is 14.9 Å². The minimum absolute atomic E-state index is 0.00378. The smallest absolute Gasteiger partial charge is 0.303 e. The molecule has 27 heavy (non-hydrogen) atoms. The molecule has 3 heterocycles. The van der Waals surface area contributed by atoms with Crippen molar-refractivity contribution in [1.82, 2.24) is 4.98 Å². The number of nitrogens with zero attached hydrogens (tertiary/aromatic N) is 4. The third-order valence-corrected chi connectivity index (χ3v) is 6.06. The summed E-state index contributed by atoms with van der Waals surface area (Å²) in [4.78, 5) is 19.6. The number of hydrogen-bond donors (Lipinski definition) is 1. The number of anilines is 2. The number of aliphatic carboxylic acids is 1. The van der Waals surface area contributed by atoms with E-state index in [4.69, 9.17) is 10.1 Å². The Labute approximate surface area is 156 Å². The van der Waals surface area contributed by atoms with E-state index in [1.54, 1.807) is 0 Å².